The van der Waals surface area contributed by atoms with Crippen molar-refractivity contribution in [3.63, 3.8) is 0 Å². The van der Waals surface area contributed by atoms with Crippen LogP contribution in [0.1, 0.15) is 71.2 Å². The maximum Gasteiger partial charge on any atom is 0.148 e. The third-order valence-corrected chi connectivity index (χ3v) is 11.8. The van der Waals surface area contributed by atoms with Crippen LogP contribution in [0.3, 0.4) is 0 Å². The van der Waals surface area contributed by atoms with Gasteiger partial charge in [0.15, 0.2) is 0 Å². The summed E-state index contributed by atoms with van der Waals surface area (Å²) < 4.78 is 75.8. The Labute approximate surface area is 392 Å². The number of aromatic nitrogens is 3. The zero-order valence-electron chi connectivity index (χ0n) is 43.6. The molecule has 2 aromatic heterocycles. The van der Waals surface area contributed by atoms with Crippen LogP contribution in [0.5, 0.6) is 5.75 Å². The molecule has 5 heteroatoms. The molecule has 7 aromatic carbocycles. The number of hydrogen-bond donors (Lipinski definition) is 1. The van der Waals surface area contributed by atoms with Crippen LogP contribution < -0.4 is 0 Å². The smallest absolute Gasteiger partial charge is 0.148 e. The van der Waals surface area contributed by atoms with Crippen LogP contribution in [0.25, 0.3) is 83.9 Å². The molecule has 9 rings (SSSR count). The van der Waals surface area contributed by atoms with Gasteiger partial charge in [0, 0.05) is 50.9 Å². The van der Waals surface area contributed by atoms with E-state index in [9.17, 15) is 5.11 Å². The summed E-state index contributed by atoms with van der Waals surface area (Å²) in [5, 5.41) is 11.5. The Kier molecular flexibility index (Phi) is 8.98. The first-order valence-electron chi connectivity index (χ1n) is 24.9. The number of para-hydroxylation sites is 2. The molecule has 0 aliphatic rings. The predicted molar refractivity (Wildman–Crippen MR) is 254 cm³/mol. The van der Waals surface area contributed by atoms with Gasteiger partial charge >= 0.3 is 0 Å². The largest absolute Gasteiger partial charge is 0.507 e. The summed E-state index contributed by atoms with van der Waals surface area (Å²) in [7, 11) is 0. The number of pyridine rings is 1. The van der Waals surface area contributed by atoms with Crippen LogP contribution in [0.4, 0.5) is 0 Å². The van der Waals surface area contributed by atoms with Crippen molar-refractivity contribution >= 4 is 11.0 Å². The van der Waals surface area contributed by atoms with Crippen LogP contribution in [0.15, 0.2) is 176 Å². The van der Waals surface area contributed by atoms with E-state index in [4.69, 9.17) is 22.3 Å². The van der Waals surface area contributed by atoms with Crippen molar-refractivity contribution in [2.24, 2.45) is 0 Å². The number of benzene rings is 7. The Morgan fingerprint density at radius 3 is 1.95 bits per heavy atom. The normalized spacial score (nSPS) is 14.5. The summed E-state index contributed by atoms with van der Waals surface area (Å²) in [6.45, 7) is -3.42. The molecule has 0 bridgehead atoms. The molecular formula is C57H50N3OPt-. The van der Waals surface area contributed by atoms with Gasteiger partial charge in [-0.15, -0.1) is 23.8 Å². The number of imidazole rings is 1. The molecule has 0 aliphatic carbocycles. The number of aromatic hydroxyl groups is 1. The predicted octanol–water partition coefficient (Wildman–Crippen LogP) is 14.9. The molecule has 0 atom stereocenters. The second-order valence-electron chi connectivity index (χ2n) is 16.1. The molecule has 0 unspecified atom stereocenters. The molecule has 0 radical (unpaired) electrons. The average Bonchev–Trinajstić information content (AvgIpc) is 3.73. The average molecular weight is 997 g/mol. The van der Waals surface area contributed by atoms with Gasteiger partial charge in [-0.3, -0.25) is 9.55 Å². The Morgan fingerprint density at radius 2 is 1.24 bits per heavy atom. The monoisotopic (exact) mass is 996 g/mol. The molecule has 0 saturated carbocycles. The SMILES string of the molecule is [2H]C([2H])([2H])C(c1ccc(-c2ccnc(-c3[c-]c(-c4cccc5c4nc(-c4ccccc4O)n5-c4ccc(C(C)(C)CC)cc4-c4ccccc4)cc(-c4ccccc4)c3)c2)cc1)(C([2H])([2H])[2H])C([2H])([2H])[2H].[Pt]. The van der Waals surface area contributed by atoms with Crippen molar-refractivity contribution < 1.29 is 38.5 Å². The van der Waals surface area contributed by atoms with E-state index in [0.717, 1.165) is 51.0 Å². The van der Waals surface area contributed by atoms with Crippen LogP contribution in [-0.4, -0.2) is 19.6 Å². The summed E-state index contributed by atoms with van der Waals surface area (Å²) in [5.41, 5.74) is 8.63. The third kappa shape index (κ3) is 8.20. The Morgan fingerprint density at radius 1 is 0.597 bits per heavy atom. The van der Waals surface area contributed by atoms with Crippen LogP contribution >= 0.6 is 0 Å². The van der Waals surface area contributed by atoms with E-state index in [1.165, 1.54) is 17.7 Å². The molecule has 0 amide bonds. The maximum absolute atomic E-state index is 11.5. The van der Waals surface area contributed by atoms with E-state index in [1.54, 1.807) is 36.5 Å². The quantitative estimate of drug-likeness (QED) is 0.147. The molecule has 9 aromatic rings. The fourth-order valence-electron chi connectivity index (χ4n) is 7.93. The maximum atomic E-state index is 11.5. The van der Waals surface area contributed by atoms with Crippen molar-refractivity contribution in [3.05, 3.63) is 193 Å². The van der Waals surface area contributed by atoms with Gasteiger partial charge < -0.3 is 5.11 Å². The van der Waals surface area contributed by atoms with E-state index in [-0.39, 0.29) is 37.8 Å². The summed E-state index contributed by atoms with van der Waals surface area (Å²) in [4.78, 5) is 10.2. The van der Waals surface area contributed by atoms with Gasteiger partial charge in [0.05, 0.1) is 22.3 Å². The van der Waals surface area contributed by atoms with Gasteiger partial charge in [0.1, 0.15) is 11.6 Å². The molecule has 62 heavy (non-hydrogen) atoms. The van der Waals surface area contributed by atoms with E-state index >= 15 is 0 Å². The number of phenolic OH excluding ortho intramolecular Hbond substituents is 1. The van der Waals surface area contributed by atoms with Gasteiger partial charge in [-0.1, -0.05) is 179 Å². The minimum atomic E-state index is -3.37. The van der Waals surface area contributed by atoms with Crippen molar-refractivity contribution in [2.45, 2.75) is 58.6 Å². The molecule has 2 heterocycles. The van der Waals surface area contributed by atoms with Gasteiger partial charge in [-0.25, -0.2) is 4.98 Å². The molecule has 1 N–H and O–H groups in total. The van der Waals surface area contributed by atoms with Gasteiger partial charge in [0.2, 0.25) is 0 Å². The van der Waals surface area contributed by atoms with Gasteiger partial charge in [0.25, 0.3) is 0 Å². The summed E-state index contributed by atoms with van der Waals surface area (Å²) in [6, 6.07) is 57.3. The third-order valence-electron chi connectivity index (χ3n) is 11.8. The fourth-order valence-corrected chi connectivity index (χ4v) is 7.93. The zero-order chi connectivity index (χ0) is 49.8. The molecule has 310 valence electrons. The Hall–Kier alpha value is -6.35. The molecule has 0 saturated heterocycles. The van der Waals surface area contributed by atoms with E-state index in [0.29, 0.717) is 39.3 Å². The molecule has 0 fully saturated rings. The van der Waals surface area contributed by atoms with E-state index in [1.807, 2.05) is 91.0 Å². The van der Waals surface area contributed by atoms with Gasteiger partial charge in [-0.05, 0) is 87.0 Å². The standard InChI is InChI=1S/C57H50N3O.Pt/c1-7-57(5,6)46-29-30-51(49(37-46)40-19-12-9-13-20-40)60-52-23-16-22-47(54(52)59-55(60)48-21-14-15-24-53(48)61)43-33-42(38-17-10-8-11-18-38)34-44(35-43)50-36-41(31-32-58-50)39-25-27-45(28-26-39)56(2,3)4;/h8-34,36-37,61H,7H2,1-6H3;/q-1;/i2D3,3D3,4D3;. The number of phenols is 1. The van der Waals surface area contributed by atoms with E-state index in [2.05, 4.69) is 67.8 Å². The topological polar surface area (TPSA) is 50.9 Å². The van der Waals surface area contributed by atoms with Crippen LogP contribution in [0.2, 0.25) is 0 Å². The number of rotatable bonds is 9. The summed E-state index contributed by atoms with van der Waals surface area (Å²) >= 11 is 0. The zero-order valence-corrected chi connectivity index (χ0v) is 36.8. The number of hydrogen-bond acceptors (Lipinski definition) is 3. The Balaban J connectivity index is 0.00000676. The summed E-state index contributed by atoms with van der Waals surface area (Å²) in [5.74, 6) is 0.658. The number of fused-ring (bicyclic) bond motifs is 1. The van der Waals surface area contributed by atoms with Crippen LogP contribution in [0, 0.1) is 6.07 Å². The van der Waals surface area contributed by atoms with Crippen molar-refractivity contribution in [3.8, 4) is 78.6 Å². The van der Waals surface area contributed by atoms with Crippen molar-refractivity contribution in [2.75, 3.05) is 0 Å². The number of nitrogens with zero attached hydrogens (tertiary/aromatic N) is 3. The molecule has 0 spiro atoms. The molecule has 0 aliphatic heterocycles. The summed E-state index contributed by atoms with van der Waals surface area (Å²) in [6.07, 6.45) is 2.60. The van der Waals surface area contributed by atoms with Gasteiger partial charge in [-0.2, -0.15) is 0 Å². The van der Waals surface area contributed by atoms with Crippen molar-refractivity contribution in [1.29, 1.82) is 0 Å². The Bertz CT molecular complexity index is 3330. The first kappa shape index (κ1) is 32.4. The molecule has 4 nitrogen and oxygen atoms in total. The van der Waals surface area contributed by atoms with Crippen molar-refractivity contribution in [1.82, 2.24) is 14.5 Å². The first-order valence-corrected chi connectivity index (χ1v) is 20.4. The minimum Gasteiger partial charge on any atom is -0.507 e. The van der Waals surface area contributed by atoms with Crippen LogP contribution in [-0.2, 0) is 31.9 Å². The second-order valence-corrected chi connectivity index (χ2v) is 16.1. The minimum absolute atomic E-state index is 0. The first-order chi connectivity index (χ1) is 33.2. The second kappa shape index (κ2) is 17.2. The molecular weight excluding hydrogens is 938 g/mol. The van der Waals surface area contributed by atoms with E-state index < -0.39 is 26.0 Å². The fraction of sp³-hybridized carbons (Fsp3) is 0.158.